The normalized spacial score (nSPS) is 11.9. The quantitative estimate of drug-likeness (QED) is 0.762. The third-order valence-electron chi connectivity index (χ3n) is 3.25. The Hall–Kier alpha value is -1.08. The molecule has 0 fully saturated rings. The highest BCUT2D eigenvalue weighted by Gasteiger charge is 2.17. The number of sulfonamides is 1. The van der Waals surface area contributed by atoms with Gasteiger partial charge in [-0.2, -0.15) is 11.8 Å². The highest BCUT2D eigenvalue weighted by Crippen LogP contribution is 2.26. The van der Waals surface area contributed by atoms with E-state index in [-0.39, 0.29) is 10.7 Å². The van der Waals surface area contributed by atoms with Gasteiger partial charge >= 0.3 is 0 Å². The molecular formula is C16H17ClFNO2S2. The smallest absolute Gasteiger partial charge is 0.207 e. The summed E-state index contributed by atoms with van der Waals surface area (Å²) in [5, 5.41) is 0.404. The molecule has 0 aliphatic heterocycles. The van der Waals surface area contributed by atoms with Crippen LogP contribution < -0.4 is 0 Å². The molecule has 0 N–H and O–H groups in total. The van der Waals surface area contributed by atoms with E-state index >= 15 is 0 Å². The second kappa shape index (κ2) is 7.66. The molecule has 2 rings (SSSR count). The van der Waals surface area contributed by atoms with Gasteiger partial charge in [0.2, 0.25) is 10.0 Å². The SMILES string of the molecule is CN(C)S(=O)(=O)c1cccc(CSCc2c(F)cccc2Cl)c1. The molecule has 7 heteroatoms. The first kappa shape index (κ1) is 18.3. The van der Waals surface area contributed by atoms with E-state index in [0.717, 1.165) is 5.56 Å². The lowest BCUT2D eigenvalue weighted by atomic mass is 10.2. The second-order valence-corrected chi connectivity index (χ2v) is 8.67. The maximum Gasteiger partial charge on any atom is 0.242 e. The first-order valence-electron chi connectivity index (χ1n) is 6.84. The van der Waals surface area contributed by atoms with Crippen LogP contribution in [0.2, 0.25) is 5.02 Å². The molecule has 0 aliphatic carbocycles. The van der Waals surface area contributed by atoms with Crippen LogP contribution in [0, 0.1) is 5.82 Å². The highest BCUT2D eigenvalue weighted by molar-refractivity contribution is 7.97. The molecule has 0 unspecified atom stereocenters. The fourth-order valence-electron chi connectivity index (χ4n) is 1.95. The summed E-state index contributed by atoms with van der Waals surface area (Å²) in [6.45, 7) is 0. The molecule has 2 aromatic rings. The van der Waals surface area contributed by atoms with E-state index in [2.05, 4.69) is 0 Å². The van der Waals surface area contributed by atoms with Crippen LogP contribution in [0.15, 0.2) is 47.4 Å². The van der Waals surface area contributed by atoms with Crippen LogP contribution in [0.1, 0.15) is 11.1 Å². The average Bonchev–Trinajstić information content (AvgIpc) is 2.50. The molecule has 0 amide bonds. The molecule has 0 saturated carbocycles. The molecule has 0 aromatic heterocycles. The third kappa shape index (κ3) is 4.47. The standard InChI is InChI=1S/C16H17ClFNO2S2/c1-19(2)23(20,21)13-6-3-5-12(9-13)10-22-11-14-15(17)7-4-8-16(14)18/h3-9H,10-11H2,1-2H3. The Morgan fingerprint density at radius 2 is 1.83 bits per heavy atom. The van der Waals surface area contributed by atoms with Crippen molar-refractivity contribution in [3.8, 4) is 0 Å². The Bertz CT molecular complexity index is 774. The molecule has 124 valence electrons. The van der Waals surface area contributed by atoms with Crippen molar-refractivity contribution in [2.24, 2.45) is 0 Å². The van der Waals surface area contributed by atoms with Crippen molar-refractivity contribution in [3.63, 3.8) is 0 Å². The summed E-state index contributed by atoms with van der Waals surface area (Å²) in [4.78, 5) is 0.254. The van der Waals surface area contributed by atoms with Gasteiger partial charge < -0.3 is 0 Å². The summed E-state index contributed by atoms with van der Waals surface area (Å²) in [6.07, 6.45) is 0. The molecule has 0 radical (unpaired) electrons. The van der Waals surface area contributed by atoms with Gasteiger partial charge in [-0.1, -0.05) is 29.8 Å². The summed E-state index contributed by atoms with van der Waals surface area (Å²) in [7, 11) is -0.453. The first-order chi connectivity index (χ1) is 10.8. The van der Waals surface area contributed by atoms with Gasteiger partial charge in [-0.05, 0) is 29.8 Å². The van der Waals surface area contributed by atoms with Crippen LogP contribution in [0.5, 0.6) is 0 Å². The van der Waals surface area contributed by atoms with E-state index in [1.165, 1.54) is 36.2 Å². The van der Waals surface area contributed by atoms with Crippen molar-refractivity contribution in [1.29, 1.82) is 0 Å². The van der Waals surface area contributed by atoms with E-state index in [1.807, 2.05) is 6.07 Å². The molecule has 0 aliphatic rings. The molecule has 2 aromatic carbocycles. The van der Waals surface area contributed by atoms with Crippen molar-refractivity contribution >= 4 is 33.4 Å². The average molecular weight is 374 g/mol. The molecule has 0 spiro atoms. The van der Waals surface area contributed by atoms with Crippen molar-refractivity contribution in [1.82, 2.24) is 4.31 Å². The van der Waals surface area contributed by atoms with E-state index in [1.54, 1.807) is 30.3 Å². The number of rotatable bonds is 6. The van der Waals surface area contributed by atoms with Crippen molar-refractivity contribution in [2.45, 2.75) is 16.4 Å². The summed E-state index contributed by atoms with van der Waals surface area (Å²) < 4.78 is 39.1. The number of thioether (sulfide) groups is 1. The predicted molar refractivity (Wildman–Crippen MR) is 93.7 cm³/mol. The van der Waals surface area contributed by atoms with Gasteiger partial charge in [0.25, 0.3) is 0 Å². The van der Waals surface area contributed by atoms with Gasteiger partial charge in [0.1, 0.15) is 5.82 Å². The number of benzene rings is 2. The van der Waals surface area contributed by atoms with Crippen molar-refractivity contribution in [2.75, 3.05) is 14.1 Å². The lowest BCUT2D eigenvalue weighted by Crippen LogP contribution is -2.22. The first-order valence-corrected chi connectivity index (χ1v) is 9.81. The van der Waals surface area contributed by atoms with E-state index in [9.17, 15) is 12.8 Å². The Kier molecular flexibility index (Phi) is 6.08. The van der Waals surface area contributed by atoms with E-state index < -0.39 is 10.0 Å². The molecule has 0 heterocycles. The highest BCUT2D eigenvalue weighted by atomic mass is 35.5. The van der Waals surface area contributed by atoms with Gasteiger partial charge in [0.15, 0.2) is 0 Å². The Morgan fingerprint density at radius 3 is 2.48 bits per heavy atom. The van der Waals surface area contributed by atoms with Crippen LogP contribution >= 0.6 is 23.4 Å². The topological polar surface area (TPSA) is 37.4 Å². The maximum atomic E-state index is 13.7. The Labute approximate surface area is 145 Å². The maximum absolute atomic E-state index is 13.7. The van der Waals surface area contributed by atoms with Crippen LogP contribution in [0.25, 0.3) is 0 Å². The van der Waals surface area contributed by atoms with Crippen molar-refractivity contribution in [3.05, 3.63) is 64.4 Å². The molecule has 0 saturated heterocycles. The van der Waals surface area contributed by atoms with Gasteiger partial charge in [-0.15, -0.1) is 0 Å². The minimum Gasteiger partial charge on any atom is -0.207 e. The zero-order valence-electron chi connectivity index (χ0n) is 12.8. The van der Waals surface area contributed by atoms with Gasteiger partial charge in [0.05, 0.1) is 4.90 Å². The van der Waals surface area contributed by atoms with Gasteiger partial charge in [0, 0.05) is 36.2 Å². The van der Waals surface area contributed by atoms with Crippen LogP contribution in [0.3, 0.4) is 0 Å². The minimum atomic E-state index is -3.45. The predicted octanol–water partition coefficient (Wildman–Crippen LogP) is 4.16. The fourth-order valence-corrected chi connectivity index (χ4v) is 4.24. The molecule has 23 heavy (non-hydrogen) atoms. The fraction of sp³-hybridized carbons (Fsp3) is 0.250. The molecule has 3 nitrogen and oxygen atoms in total. The number of hydrogen-bond donors (Lipinski definition) is 0. The monoisotopic (exact) mass is 373 g/mol. The Morgan fingerprint density at radius 1 is 1.13 bits per heavy atom. The second-order valence-electron chi connectivity index (χ2n) is 5.13. The van der Waals surface area contributed by atoms with Crippen LogP contribution in [-0.2, 0) is 21.5 Å². The number of hydrogen-bond acceptors (Lipinski definition) is 3. The van der Waals surface area contributed by atoms with Crippen molar-refractivity contribution < 1.29 is 12.8 Å². The van der Waals surface area contributed by atoms with Gasteiger partial charge in [-0.3, -0.25) is 0 Å². The lowest BCUT2D eigenvalue weighted by molar-refractivity contribution is 0.520. The summed E-state index contributed by atoms with van der Waals surface area (Å²) in [6, 6.07) is 11.4. The molecular weight excluding hydrogens is 357 g/mol. The lowest BCUT2D eigenvalue weighted by Gasteiger charge is -2.12. The number of nitrogens with zero attached hydrogens (tertiary/aromatic N) is 1. The van der Waals surface area contributed by atoms with Crippen LogP contribution in [0.4, 0.5) is 4.39 Å². The summed E-state index contributed by atoms with van der Waals surface area (Å²) in [5.74, 6) is 0.673. The third-order valence-corrected chi connectivity index (χ3v) is 6.45. The zero-order valence-corrected chi connectivity index (χ0v) is 15.2. The molecule has 0 bridgehead atoms. The summed E-state index contributed by atoms with van der Waals surface area (Å²) in [5.41, 5.74) is 1.33. The summed E-state index contributed by atoms with van der Waals surface area (Å²) >= 11 is 7.48. The van der Waals surface area contributed by atoms with Crippen LogP contribution in [-0.4, -0.2) is 26.8 Å². The zero-order chi connectivity index (χ0) is 17.0. The minimum absolute atomic E-state index is 0.254. The van der Waals surface area contributed by atoms with Gasteiger partial charge in [-0.25, -0.2) is 17.1 Å². The largest absolute Gasteiger partial charge is 0.242 e. The van der Waals surface area contributed by atoms with E-state index in [0.29, 0.717) is 22.1 Å². The molecule has 0 atom stereocenters. The number of halogens is 2. The Balaban J connectivity index is 2.08. The van der Waals surface area contributed by atoms with E-state index in [4.69, 9.17) is 11.6 Å².